The van der Waals surface area contributed by atoms with E-state index in [1.54, 1.807) is 12.1 Å². The van der Waals surface area contributed by atoms with Gasteiger partial charge in [-0.1, -0.05) is 0 Å². The third-order valence-corrected chi connectivity index (χ3v) is 4.11. The molecule has 1 aliphatic carbocycles. The first-order chi connectivity index (χ1) is 9.72. The monoisotopic (exact) mass is 278 g/mol. The number of anilines is 1. The highest BCUT2D eigenvalue weighted by Crippen LogP contribution is 2.29. The van der Waals surface area contributed by atoms with Crippen LogP contribution in [0.1, 0.15) is 19.3 Å². The minimum atomic E-state index is -0.299. The Morgan fingerprint density at radius 1 is 1.30 bits per heavy atom. The van der Waals surface area contributed by atoms with E-state index in [1.807, 2.05) is 0 Å². The van der Waals surface area contributed by atoms with E-state index in [0.29, 0.717) is 5.69 Å². The Kier molecular flexibility index (Phi) is 3.98. The fraction of sp³-hybridized carbons (Fsp3) is 0.533. The molecule has 0 bridgehead atoms. The summed E-state index contributed by atoms with van der Waals surface area (Å²) in [7, 11) is 0. The number of benzene rings is 1. The highest BCUT2D eigenvalue weighted by Gasteiger charge is 2.35. The minimum Gasteiger partial charge on any atom is -0.375 e. The molecule has 2 aliphatic rings. The summed E-state index contributed by atoms with van der Waals surface area (Å²) < 4.78 is 18.5. The van der Waals surface area contributed by atoms with Crippen molar-refractivity contribution < 1.29 is 13.9 Å². The zero-order valence-electron chi connectivity index (χ0n) is 11.3. The Labute approximate surface area is 117 Å². The Bertz CT molecular complexity index is 477. The first-order valence-electron chi connectivity index (χ1n) is 7.14. The number of fused-ring (bicyclic) bond motifs is 1. The molecule has 3 rings (SSSR count). The minimum absolute atomic E-state index is 0.00416. The van der Waals surface area contributed by atoms with E-state index in [2.05, 4.69) is 10.6 Å². The fourth-order valence-electron chi connectivity index (χ4n) is 3.03. The van der Waals surface area contributed by atoms with Crippen molar-refractivity contribution in [3.05, 3.63) is 30.1 Å². The maximum atomic E-state index is 12.8. The third-order valence-electron chi connectivity index (χ3n) is 4.11. The summed E-state index contributed by atoms with van der Waals surface area (Å²) in [4.78, 5) is 12.3. The van der Waals surface area contributed by atoms with E-state index in [9.17, 15) is 9.18 Å². The average Bonchev–Trinajstić information content (AvgIpc) is 2.49. The maximum Gasteiger partial charge on any atom is 0.227 e. The number of amides is 1. The summed E-state index contributed by atoms with van der Waals surface area (Å²) in [6, 6.07) is 6.15. The molecule has 108 valence electrons. The normalized spacial score (nSPS) is 29.6. The van der Waals surface area contributed by atoms with E-state index >= 15 is 0 Å². The summed E-state index contributed by atoms with van der Waals surface area (Å²) in [6.45, 7) is 1.61. The molecule has 1 aromatic carbocycles. The largest absolute Gasteiger partial charge is 0.375 e. The summed E-state index contributed by atoms with van der Waals surface area (Å²) in [5, 5.41) is 6.28. The number of nitrogens with one attached hydrogen (secondary N) is 2. The molecule has 1 saturated heterocycles. The van der Waals surface area contributed by atoms with Crippen molar-refractivity contribution in [3.8, 4) is 0 Å². The van der Waals surface area contributed by atoms with Crippen LogP contribution in [0.4, 0.5) is 10.1 Å². The summed E-state index contributed by atoms with van der Waals surface area (Å²) in [5.74, 6) is -0.287. The number of rotatable bonds is 2. The van der Waals surface area contributed by atoms with Crippen LogP contribution in [0.15, 0.2) is 24.3 Å². The lowest BCUT2D eigenvalue weighted by molar-refractivity contribution is -0.123. The highest BCUT2D eigenvalue weighted by atomic mass is 19.1. The van der Waals surface area contributed by atoms with Gasteiger partial charge in [-0.3, -0.25) is 4.79 Å². The maximum absolute atomic E-state index is 12.8. The molecular weight excluding hydrogens is 259 g/mol. The Morgan fingerprint density at radius 3 is 2.90 bits per heavy atom. The second-order valence-electron chi connectivity index (χ2n) is 5.48. The SMILES string of the molecule is O=C(Nc1ccc(F)cc1)[C@H]1CC[C@H]2OCCN[C@@H]2C1. The number of morpholine rings is 1. The van der Waals surface area contributed by atoms with Gasteiger partial charge < -0.3 is 15.4 Å². The predicted molar refractivity (Wildman–Crippen MR) is 73.9 cm³/mol. The lowest BCUT2D eigenvalue weighted by Crippen LogP contribution is -2.52. The van der Waals surface area contributed by atoms with Gasteiger partial charge in [0.1, 0.15) is 5.82 Å². The molecule has 1 amide bonds. The molecule has 1 aliphatic heterocycles. The van der Waals surface area contributed by atoms with Crippen LogP contribution in [0, 0.1) is 11.7 Å². The highest BCUT2D eigenvalue weighted by molar-refractivity contribution is 5.92. The molecule has 1 aromatic rings. The molecule has 0 unspecified atom stereocenters. The van der Waals surface area contributed by atoms with Gasteiger partial charge in [-0.2, -0.15) is 0 Å². The van der Waals surface area contributed by atoms with Crippen molar-refractivity contribution in [1.29, 1.82) is 0 Å². The molecule has 0 spiro atoms. The number of hydrogen-bond donors (Lipinski definition) is 2. The van der Waals surface area contributed by atoms with E-state index in [0.717, 1.165) is 32.4 Å². The van der Waals surface area contributed by atoms with Crippen LogP contribution < -0.4 is 10.6 Å². The average molecular weight is 278 g/mol. The number of carbonyl (C=O) groups is 1. The van der Waals surface area contributed by atoms with Crippen LogP contribution in [0.5, 0.6) is 0 Å². The van der Waals surface area contributed by atoms with Gasteiger partial charge >= 0.3 is 0 Å². The lowest BCUT2D eigenvalue weighted by atomic mass is 9.82. The van der Waals surface area contributed by atoms with Crippen molar-refractivity contribution >= 4 is 11.6 Å². The molecule has 0 radical (unpaired) electrons. The topological polar surface area (TPSA) is 50.4 Å². The standard InChI is InChI=1S/C15H19FN2O2/c16-11-2-4-12(5-3-11)18-15(19)10-1-6-14-13(9-10)17-7-8-20-14/h2-5,10,13-14,17H,1,6-9H2,(H,18,19)/t10-,13+,14+/m0/s1. The summed E-state index contributed by atoms with van der Waals surface area (Å²) in [5.41, 5.74) is 0.645. The molecule has 20 heavy (non-hydrogen) atoms. The van der Waals surface area contributed by atoms with Crippen molar-refractivity contribution in [1.82, 2.24) is 5.32 Å². The van der Waals surface area contributed by atoms with Gasteiger partial charge in [0.15, 0.2) is 0 Å². The molecule has 2 N–H and O–H groups in total. The van der Waals surface area contributed by atoms with Crippen LogP contribution in [-0.2, 0) is 9.53 Å². The molecule has 0 aromatic heterocycles. The number of halogens is 1. The summed E-state index contributed by atoms with van der Waals surface area (Å²) >= 11 is 0. The van der Waals surface area contributed by atoms with Crippen LogP contribution in [0.3, 0.4) is 0 Å². The van der Waals surface area contributed by atoms with Crippen molar-refractivity contribution in [2.24, 2.45) is 5.92 Å². The van der Waals surface area contributed by atoms with E-state index in [4.69, 9.17) is 4.74 Å². The summed E-state index contributed by atoms with van der Waals surface area (Å²) in [6.07, 6.45) is 2.81. The Hall–Kier alpha value is -1.46. The second-order valence-corrected chi connectivity index (χ2v) is 5.48. The van der Waals surface area contributed by atoms with Gasteiger partial charge in [0.25, 0.3) is 0 Å². The second kappa shape index (κ2) is 5.89. The molecule has 5 heteroatoms. The number of hydrogen-bond acceptors (Lipinski definition) is 3. The molecular formula is C15H19FN2O2. The first kappa shape index (κ1) is 13.5. The van der Waals surface area contributed by atoms with Crippen LogP contribution in [0.25, 0.3) is 0 Å². The number of carbonyl (C=O) groups excluding carboxylic acids is 1. The lowest BCUT2D eigenvalue weighted by Gasteiger charge is -2.39. The van der Waals surface area contributed by atoms with E-state index in [-0.39, 0.29) is 29.8 Å². The number of ether oxygens (including phenoxy) is 1. The van der Waals surface area contributed by atoms with Crippen LogP contribution in [0.2, 0.25) is 0 Å². The smallest absolute Gasteiger partial charge is 0.227 e. The van der Waals surface area contributed by atoms with Gasteiger partial charge in [-0.25, -0.2) is 4.39 Å². The first-order valence-corrected chi connectivity index (χ1v) is 7.14. The van der Waals surface area contributed by atoms with Gasteiger partial charge in [0.05, 0.1) is 12.7 Å². The quantitative estimate of drug-likeness (QED) is 0.869. The van der Waals surface area contributed by atoms with Crippen LogP contribution >= 0.6 is 0 Å². The molecule has 1 saturated carbocycles. The van der Waals surface area contributed by atoms with Gasteiger partial charge in [0, 0.05) is 24.2 Å². The Morgan fingerprint density at radius 2 is 2.10 bits per heavy atom. The van der Waals surface area contributed by atoms with Crippen molar-refractivity contribution in [3.63, 3.8) is 0 Å². The zero-order chi connectivity index (χ0) is 13.9. The van der Waals surface area contributed by atoms with Crippen molar-refractivity contribution in [2.45, 2.75) is 31.4 Å². The van der Waals surface area contributed by atoms with Crippen LogP contribution in [-0.4, -0.2) is 31.2 Å². The van der Waals surface area contributed by atoms with E-state index < -0.39 is 0 Å². The predicted octanol–water partition coefficient (Wildman–Crippen LogP) is 1.92. The molecule has 4 nitrogen and oxygen atoms in total. The van der Waals surface area contributed by atoms with Gasteiger partial charge in [0.2, 0.25) is 5.91 Å². The van der Waals surface area contributed by atoms with Gasteiger partial charge in [-0.15, -0.1) is 0 Å². The zero-order valence-corrected chi connectivity index (χ0v) is 11.3. The Balaban J connectivity index is 1.58. The third kappa shape index (κ3) is 2.99. The van der Waals surface area contributed by atoms with Crippen molar-refractivity contribution in [2.75, 3.05) is 18.5 Å². The van der Waals surface area contributed by atoms with Gasteiger partial charge in [-0.05, 0) is 43.5 Å². The molecule has 1 heterocycles. The fourth-order valence-corrected chi connectivity index (χ4v) is 3.03. The van der Waals surface area contributed by atoms with E-state index in [1.165, 1.54) is 12.1 Å². The molecule has 2 fully saturated rings. The molecule has 3 atom stereocenters.